The Bertz CT molecular complexity index is 456. The lowest BCUT2D eigenvalue weighted by Crippen LogP contribution is -2.52. The monoisotopic (exact) mass is 271 g/mol. The maximum Gasteiger partial charge on any atom is 0.329 e. The molecule has 0 bridgehead atoms. The normalized spacial score (nSPS) is 11.3. The van der Waals surface area contributed by atoms with Crippen LogP contribution in [0.1, 0.15) is 43.1 Å². The van der Waals surface area contributed by atoms with E-state index in [0.717, 1.165) is 11.5 Å². The number of aryl methyl sites for hydroxylation is 1. The van der Waals surface area contributed by atoms with Crippen LogP contribution in [0.4, 0.5) is 0 Å². The summed E-state index contributed by atoms with van der Waals surface area (Å²) in [4.78, 5) is 25.3. The van der Waals surface area contributed by atoms with Gasteiger partial charge in [0, 0.05) is 6.54 Å². The Hall–Kier alpha value is -1.50. The molecule has 100 valence electrons. The van der Waals surface area contributed by atoms with Gasteiger partial charge >= 0.3 is 5.97 Å². The van der Waals surface area contributed by atoms with E-state index in [4.69, 9.17) is 0 Å². The van der Waals surface area contributed by atoms with Crippen molar-refractivity contribution in [1.82, 2.24) is 14.5 Å². The molecule has 0 aliphatic rings. The van der Waals surface area contributed by atoms with Crippen molar-refractivity contribution >= 4 is 23.4 Å². The van der Waals surface area contributed by atoms with E-state index in [1.54, 1.807) is 6.92 Å². The predicted molar refractivity (Wildman–Crippen MR) is 67.7 cm³/mol. The summed E-state index contributed by atoms with van der Waals surface area (Å²) >= 11 is 1.01. The Morgan fingerprint density at radius 1 is 1.39 bits per heavy atom. The molecule has 7 heteroatoms. The van der Waals surface area contributed by atoms with Gasteiger partial charge in [0.15, 0.2) is 0 Å². The van der Waals surface area contributed by atoms with Gasteiger partial charge in [-0.15, -0.1) is 5.10 Å². The van der Waals surface area contributed by atoms with E-state index in [9.17, 15) is 14.7 Å². The Morgan fingerprint density at radius 2 is 2.00 bits per heavy atom. The summed E-state index contributed by atoms with van der Waals surface area (Å²) in [6.45, 7) is 6.97. The maximum absolute atomic E-state index is 12.4. The highest BCUT2D eigenvalue weighted by Crippen LogP contribution is 2.21. The first kappa shape index (κ1) is 14.6. The van der Waals surface area contributed by atoms with Crippen LogP contribution in [0.3, 0.4) is 0 Å². The number of amides is 1. The van der Waals surface area contributed by atoms with Gasteiger partial charge in [-0.25, -0.2) is 4.79 Å². The molecule has 1 N–H and O–H groups in total. The fourth-order valence-electron chi connectivity index (χ4n) is 1.63. The van der Waals surface area contributed by atoms with E-state index in [0.29, 0.717) is 23.5 Å². The Labute approximate surface area is 110 Å². The van der Waals surface area contributed by atoms with Crippen LogP contribution >= 0.6 is 11.5 Å². The van der Waals surface area contributed by atoms with Crippen molar-refractivity contribution in [3.05, 3.63) is 10.6 Å². The average molecular weight is 271 g/mol. The molecule has 6 nitrogen and oxygen atoms in total. The Balaban J connectivity index is 3.11. The van der Waals surface area contributed by atoms with Gasteiger partial charge in [-0.05, 0) is 38.7 Å². The van der Waals surface area contributed by atoms with Gasteiger partial charge in [-0.2, -0.15) is 0 Å². The van der Waals surface area contributed by atoms with Crippen molar-refractivity contribution in [2.75, 3.05) is 6.54 Å². The zero-order chi connectivity index (χ0) is 13.9. The second-order valence-corrected chi connectivity index (χ2v) is 5.07. The van der Waals surface area contributed by atoms with Crippen LogP contribution in [0.5, 0.6) is 0 Å². The molecular formula is C11H17N3O3S. The molecule has 18 heavy (non-hydrogen) atoms. The van der Waals surface area contributed by atoms with E-state index in [1.165, 1.54) is 18.7 Å². The fraction of sp³-hybridized carbons (Fsp3) is 0.636. The molecule has 1 amide bonds. The number of carbonyl (C=O) groups excluding carboxylic acids is 1. The minimum Gasteiger partial charge on any atom is -0.480 e. The van der Waals surface area contributed by atoms with Crippen molar-refractivity contribution in [2.24, 2.45) is 0 Å². The maximum atomic E-state index is 12.4. The standard InChI is InChI=1S/C11H17N3O3S/c1-5-7-8(18-13-12-7)9(15)14(6-2)11(3,4)10(16)17/h5-6H2,1-4H3,(H,16,17). The molecule has 0 aliphatic heterocycles. The van der Waals surface area contributed by atoms with Crippen LogP contribution in [-0.4, -0.2) is 43.6 Å². The summed E-state index contributed by atoms with van der Waals surface area (Å²) in [5.74, 6) is -1.36. The number of rotatable bonds is 5. The molecule has 0 aliphatic carbocycles. The van der Waals surface area contributed by atoms with Gasteiger partial charge in [-0.1, -0.05) is 11.4 Å². The SMILES string of the molecule is CCc1nnsc1C(=O)N(CC)C(C)(C)C(=O)O. The van der Waals surface area contributed by atoms with Crippen LogP contribution in [0, 0.1) is 0 Å². The third-order valence-corrected chi connectivity index (χ3v) is 3.60. The molecule has 1 aromatic rings. The van der Waals surface area contributed by atoms with E-state index >= 15 is 0 Å². The third kappa shape index (κ3) is 2.50. The van der Waals surface area contributed by atoms with Gasteiger partial charge < -0.3 is 10.0 Å². The molecule has 1 heterocycles. The fourth-order valence-corrected chi connectivity index (χ4v) is 2.33. The predicted octanol–water partition coefficient (Wildman–Crippen LogP) is 1.43. The molecule has 0 aromatic carbocycles. The minimum absolute atomic E-state index is 0.319. The Morgan fingerprint density at radius 3 is 2.44 bits per heavy atom. The molecule has 0 saturated heterocycles. The van der Waals surface area contributed by atoms with Crippen molar-refractivity contribution in [3.8, 4) is 0 Å². The first-order valence-electron chi connectivity index (χ1n) is 5.72. The van der Waals surface area contributed by atoms with Crippen molar-refractivity contribution in [1.29, 1.82) is 0 Å². The highest BCUT2D eigenvalue weighted by molar-refractivity contribution is 7.08. The number of carboxylic acid groups (broad SMARTS) is 1. The van der Waals surface area contributed by atoms with Crippen LogP contribution in [0.2, 0.25) is 0 Å². The second-order valence-electron chi connectivity index (χ2n) is 4.32. The number of carboxylic acids is 1. The number of likely N-dealkylation sites (N-methyl/N-ethyl adjacent to an activating group) is 1. The van der Waals surface area contributed by atoms with Crippen LogP contribution < -0.4 is 0 Å². The molecule has 0 atom stereocenters. The van der Waals surface area contributed by atoms with Crippen LogP contribution in [0.25, 0.3) is 0 Å². The van der Waals surface area contributed by atoms with E-state index in [2.05, 4.69) is 9.59 Å². The molecular weight excluding hydrogens is 254 g/mol. The quantitative estimate of drug-likeness (QED) is 0.875. The van der Waals surface area contributed by atoms with E-state index in [-0.39, 0.29) is 5.91 Å². The minimum atomic E-state index is -1.25. The first-order valence-corrected chi connectivity index (χ1v) is 6.50. The highest BCUT2D eigenvalue weighted by atomic mass is 32.1. The van der Waals surface area contributed by atoms with Crippen molar-refractivity contribution in [2.45, 2.75) is 39.7 Å². The number of aromatic nitrogens is 2. The summed E-state index contributed by atoms with van der Waals surface area (Å²) < 4.78 is 3.75. The number of carbonyl (C=O) groups is 2. The number of hydrogen-bond donors (Lipinski definition) is 1. The average Bonchev–Trinajstić information content (AvgIpc) is 2.77. The molecule has 0 radical (unpaired) electrons. The lowest BCUT2D eigenvalue weighted by atomic mass is 10.0. The summed E-state index contributed by atoms with van der Waals surface area (Å²) in [5.41, 5.74) is -0.634. The van der Waals surface area contributed by atoms with Crippen LogP contribution in [0.15, 0.2) is 0 Å². The highest BCUT2D eigenvalue weighted by Gasteiger charge is 2.38. The largest absolute Gasteiger partial charge is 0.480 e. The van der Waals surface area contributed by atoms with E-state index in [1.807, 2.05) is 6.92 Å². The first-order chi connectivity index (χ1) is 8.36. The Kier molecular flexibility index (Phi) is 4.39. The number of nitrogens with zero attached hydrogens (tertiary/aromatic N) is 3. The third-order valence-electron chi connectivity index (χ3n) is 2.84. The summed E-state index contributed by atoms with van der Waals surface area (Å²) in [7, 11) is 0. The topological polar surface area (TPSA) is 83.4 Å². The van der Waals surface area contributed by atoms with Gasteiger partial charge in [0.2, 0.25) is 0 Å². The van der Waals surface area contributed by atoms with Gasteiger partial charge in [-0.3, -0.25) is 4.79 Å². The van der Waals surface area contributed by atoms with Crippen LogP contribution in [-0.2, 0) is 11.2 Å². The molecule has 0 unspecified atom stereocenters. The molecule has 1 rings (SSSR count). The van der Waals surface area contributed by atoms with Gasteiger partial charge in [0.05, 0.1) is 5.69 Å². The van der Waals surface area contributed by atoms with Crippen molar-refractivity contribution < 1.29 is 14.7 Å². The lowest BCUT2D eigenvalue weighted by Gasteiger charge is -2.33. The molecule has 1 aromatic heterocycles. The summed E-state index contributed by atoms with van der Waals surface area (Å²) in [5, 5.41) is 13.1. The second kappa shape index (κ2) is 5.43. The summed E-state index contributed by atoms with van der Waals surface area (Å²) in [6, 6.07) is 0. The zero-order valence-electron chi connectivity index (χ0n) is 10.9. The zero-order valence-corrected chi connectivity index (χ0v) is 11.7. The van der Waals surface area contributed by atoms with E-state index < -0.39 is 11.5 Å². The smallest absolute Gasteiger partial charge is 0.329 e. The molecule has 0 saturated carbocycles. The number of aliphatic carboxylic acids is 1. The number of hydrogen-bond acceptors (Lipinski definition) is 5. The lowest BCUT2D eigenvalue weighted by molar-refractivity contribution is -0.147. The van der Waals surface area contributed by atoms with Crippen molar-refractivity contribution in [3.63, 3.8) is 0 Å². The summed E-state index contributed by atoms with van der Waals surface area (Å²) in [6.07, 6.45) is 0.600. The molecule has 0 fully saturated rings. The van der Waals surface area contributed by atoms with Gasteiger partial charge in [0.1, 0.15) is 10.4 Å². The van der Waals surface area contributed by atoms with Gasteiger partial charge in [0.25, 0.3) is 5.91 Å². The molecule has 0 spiro atoms.